The van der Waals surface area contributed by atoms with Gasteiger partial charge in [0.15, 0.2) is 0 Å². The number of hydrogen-bond acceptors (Lipinski definition) is 3. The maximum absolute atomic E-state index is 11.9. The minimum absolute atomic E-state index is 0.123. The lowest BCUT2D eigenvalue weighted by molar-refractivity contribution is 0.0970. The highest BCUT2D eigenvalue weighted by molar-refractivity contribution is 6.32. The van der Waals surface area contributed by atoms with Crippen molar-refractivity contribution in [1.82, 2.24) is 9.88 Å². The van der Waals surface area contributed by atoms with Gasteiger partial charge in [0.2, 0.25) is 0 Å². The van der Waals surface area contributed by atoms with Gasteiger partial charge < -0.3 is 9.72 Å². The first-order valence-corrected chi connectivity index (χ1v) is 9.78. The summed E-state index contributed by atoms with van der Waals surface area (Å²) in [5.41, 5.74) is 1.08. The van der Waals surface area contributed by atoms with Crippen LogP contribution in [0.25, 0.3) is 10.8 Å². The second kappa shape index (κ2) is 7.93. The van der Waals surface area contributed by atoms with E-state index in [1.807, 2.05) is 30.3 Å². The molecule has 2 aromatic carbocycles. The summed E-state index contributed by atoms with van der Waals surface area (Å²) < 4.78 is 6.16. The van der Waals surface area contributed by atoms with E-state index in [0.29, 0.717) is 16.2 Å². The summed E-state index contributed by atoms with van der Waals surface area (Å²) in [6.07, 6.45) is 3.63. The molecule has 6 heteroatoms. The highest BCUT2D eigenvalue weighted by atomic mass is 35.5. The van der Waals surface area contributed by atoms with Crippen LogP contribution in [0.1, 0.15) is 18.4 Å². The van der Waals surface area contributed by atoms with E-state index in [4.69, 9.17) is 27.9 Å². The number of H-pyrrole nitrogens is 1. The van der Waals surface area contributed by atoms with Crippen LogP contribution in [0.15, 0.2) is 53.5 Å². The van der Waals surface area contributed by atoms with Crippen molar-refractivity contribution in [2.24, 2.45) is 0 Å². The van der Waals surface area contributed by atoms with Gasteiger partial charge in [-0.2, -0.15) is 0 Å². The summed E-state index contributed by atoms with van der Waals surface area (Å²) in [5.74, 6) is 0.642. The number of nitrogens with zero attached hydrogens (tertiary/aromatic N) is 1. The number of likely N-dealkylation sites (tertiary alicyclic amines) is 1. The molecule has 0 bridgehead atoms. The SMILES string of the molecule is O=c1[nH]ccc2cc(OC3CCN(Cc4cccc(Cl)c4)CC3)c(Cl)cc12. The van der Waals surface area contributed by atoms with Gasteiger partial charge in [0.05, 0.1) is 5.02 Å². The molecule has 1 aromatic heterocycles. The molecule has 27 heavy (non-hydrogen) atoms. The van der Waals surface area contributed by atoms with Gasteiger partial charge in [0.25, 0.3) is 5.56 Å². The third kappa shape index (κ3) is 4.29. The number of fused-ring (bicyclic) bond motifs is 1. The first-order valence-electron chi connectivity index (χ1n) is 9.03. The Hall–Kier alpha value is -2.01. The first-order chi connectivity index (χ1) is 13.1. The second-order valence-corrected chi connectivity index (χ2v) is 7.74. The van der Waals surface area contributed by atoms with E-state index in [1.54, 1.807) is 12.3 Å². The molecule has 0 aliphatic carbocycles. The molecule has 0 spiro atoms. The number of benzene rings is 2. The van der Waals surface area contributed by atoms with Crippen molar-refractivity contribution >= 4 is 34.0 Å². The van der Waals surface area contributed by atoms with Crippen molar-refractivity contribution in [1.29, 1.82) is 0 Å². The van der Waals surface area contributed by atoms with E-state index in [1.165, 1.54) is 5.56 Å². The maximum atomic E-state index is 11.9. The van der Waals surface area contributed by atoms with Crippen molar-refractivity contribution in [3.63, 3.8) is 0 Å². The molecule has 4 rings (SSSR count). The standard InChI is InChI=1S/C21H20Cl2N2O2/c22-16-3-1-2-14(10-16)13-25-8-5-17(6-9-25)27-20-11-15-4-7-24-21(26)18(15)12-19(20)23/h1-4,7,10-12,17H,5-6,8-9,13H2,(H,24,26). The number of pyridine rings is 1. The predicted octanol–water partition coefficient (Wildman–Crippen LogP) is 4.88. The number of ether oxygens (including phenoxy) is 1. The average Bonchev–Trinajstić information content (AvgIpc) is 2.65. The topological polar surface area (TPSA) is 45.3 Å². The smallest absolute Gasteiger partial charge is 0.255 e. The van der Waals surface area contributed by atoms with Gasteiger partial charge in [-0.25, -0.2) is 0 Å². The lowest BCUT2D eigenvalue weighted by Gasteiger charge is -2.32. The largest absolute Gasteiger partial charge is 0.489 e. The number of halogens is 2. The Morgan fingerprint density at radius 1 is 1.11 bits per heavy atom. The summed E-state index contributed by atoms with van der Waals surface area (Å²) in [6, 6.07) is 13.4. The van der Waals surface area contributed by atoms with Crippen molar-refractivity contribution < 1.29 is 4.74 Å². The van der Waals surface area contributed by atoms with E-state index in [0.717, 1.165) is 42.9 Å². The molecule has 1 fully saturated rings. The van der Waals surface area contributed by atoms with E-state index in [-0.39, 0.29) is 11.7 Å². The molecular weight excluding hydrogens is 383 g/mol. The van der Waals surface area contributed by atoms with Crippen LogP contribution in [-0.2, 0) is 6.54 Å². The molecule has 1 aliphatic rings. The fraction of sp³-hybridized carbons (Fsp3) is 0.286. The van der Waals surface area contributed by atoms with Crippen LogP contribution >= 0.6 is 23.2 Å². The third-order valence-electron chi connectivity index (χ3n) is 4.95. The van der Waals surface area contributed by atoms with Crippen LogP contribution in [-0.4, -0.2) is 29.1 Å². The summed E-state index contributed by atoms with van der Waals surface area (Å²) in [6.45, 7) is 2.82. The number of nitrogens with one attached hydrogen (secondary N) is 1. The summed E-state index contributed by atoms with van der Waals surface area (Å²) in [7, 11) is 0. The van der Waals surface area contributed by atoms with Crippen LogP contribution < -0.4 is 10.3 Å². The second-order valence-electron chi connectivity index (χ2n) is 6.90. The number of hydrogen-bond donors (Lipinski definition) is 1. The van der Waals surface area contributed by atoms with Gasteiger partial charge in [-0.3, -0.25) is 9.69 Å². The highest BCUT2D eigenvalue weighted by Crippen LogP contribution is 2.31. The monoisotopic (exact) mass is 402 g/mol. The Bertz CT molecular complexity index is 1010. The Kier molecular flexibility index (Phi) is 5.39. The number of rotatable bonds is 4. The minimum atomic E-state index is -0.143. The minimum Gasteiger partial charge on any atom is -0.489 e. The Morgan fingerprint density at radius 2 is 1.93 bits per heavy atom. The van der Waals surface area contributed by atoms with Gasteiger partial charge in [0.1, 0.15) is 11.9 Å². The summed E-state index contributed by atoms with van der Waals surface area (Å²) in [4.78, 5) is 16.9. The molecule has 0 atom stereocenters. The van der Waals surface area contributed by atoms with Crippen LogP contribution in [0.5, 0.6) is 5.75 Å². The van der Waals surface area contributed by atoms with Crippen LogP contribution in [0.2, 0.25) is 10.0 Å². The van der Waals surface area contributed by atoms with Crippen LogP contribution in [0.4, 0.5) is 0 Å². The van der Waals surface area contributed by atoms with E-state index in [9.17, 15) is 4.79 Å². The molecule has 1 aliphatic heterocycles. The summed E-state index contributed by atoms with van der Waals surface area (Å²) >= 11 is 12.4. The molecule has 3 aromatic rings. The molecule has 2 heterocycles. The lowest BCUT2D eigenvalue weighted by Crippen LogP contribution is -2.37. The zero-order chi connectivity index (χ0) is 18.8. The zero-order valence-corrected chi connectivity index (χ0v) is 16.3. The lowest BCUT2D eigenvalue weighted by atomic mass is 10.1. The van der Waals surface area contributed by atoms with Gasteiger partial charge in [-0.05, 0) is 54.1 Å². The fourth-order valence-electron chi connectivity index (χ4n) is 3.54. The van der Waals surface area contributed by atoms with Crippen molar-refractivity contribution in [3.05, 3.63) is 74.6 Å². The van der Waals surface area contributed by atoms with Crippen molar-refractivity contribution in [2.45, 2.75) is 25.5 Å². The normalized spacial score (nSPS) is 15.9. The Morgan fingerprint density at radius 3 is 2.70 bits per heavy atom. The zero-order valence-electron chi connectivity index (χ0n) is 14.8. The number of aromatic nitrogens is 1. The predicted molar refractivity (Wildman–Crippen MR) is 110 cm³/mol. The molecular formula is C21H20Cl2N2O2. The van der Waals surface area contributed by atoms with Gasteiger partial charge in [0, 0.05) is 36.2 Å². The van der Waals surface area contributed by atoms with E-state index < -0.39 is 0 Å². The van der Waals surface area contributed by atoms with Gasteiger partial charge >= 0.3 is 0 Å². The van der Waals surface area contributed by atoms with E-state index >= 15 is 0 Å². The van der Waals surface area contributed by atoms with Crippen molar-refractivity contribution in [2.75, 3.05) is 13.1 Å². The molecule has 1 N–H and O–H groups in total. The average molecular weight is 403 g/mol. The molecule has 140 valence electrons. The molecule has 1 saturated heterocycles. The molecule has 0 saturated carbocycles. The molecule has 4 nitrogen and oxygen atoms in total. The third-order valence-corrected chi connectivity index (χ3v) is 5.48. The summed E-state index contributed by atoms with van der Waals surface area (Å²) in [5, 5.41) is 2.65. The molecule has 0 radical (unpaired) electrons. The number of aromatic amines is 1. The van der Waals surface area contributed by atoms with E-state index in [2.05, 4.69) is 16.0 Å². The maximum Gasteiger partial charge on any atom is 0.255 e. The Labute approximate surface area is 167 Å². The van der Waals surface area contributed by atoms with Gasteiger partial charge in [-0.15, -0.1) is 0 Å². The van der Waals surface area contributed by atoms with Gasteiger partial charge in [-0.1, -0.05) is 35.3 Å². The quantitative estimate of drug-likeness (QED) is 0.676. The molecule has 0 unspecified atom stereocenters. The highest BCUT2D eigenvalue weighted by Gasteiger charge is 2.21. The van der Waals surface area contributed by atoms with Crippen LogP contribution in [0.3, 0.4) is 0 Å². The molecule has 0 amide bonds. The Balaban J connectivity index is 1.40. The number of piperidine rings is 1. The van der Waals surface area contributed by atoms with Crippen molar-refractivity contribution in [3.8, 4) is 5.75 Å². The first kappa shape index (κ1) is 18.4. The fourth-order valence-corrected chi connectivity index (χ4v) is 3.96. The van der Waals surface area contributed by atoms with Crippen LogP contribution in [0, 0.1) is 0 Å².